The molecule has 1 heterocycles. The van der Waals surface area contributed by atoms with Crippen molar-refractivity contribution in [3.8, 4) is 11.5 Å². The number of hydrogen-bond acceptors (Lipinski definition) is 5. The van der Waals surface area contributed by atoms with E-state index in [-0.39, 0.29) is 17.1 Å². The first-order chi connectivity index (χ1) is 19.7. The fourth-order valence-corrected chi connectivity index (χ4v) is 8.37. The molecule has 7 nitrogen and oxygen atoms in total. The Hall–Kier alpha value is -3.13. The van der Waals surface area contributed by atoms with Gasteiger partial charge in [-0.05, 0) is 139 Å². The van der Waals surface area contributed by atoms with Crippen molar-refractivity contribution in [2.75, 3.05) is 11.5 Å². The van der Waals surface area contributed by atoms with Gasteiger partial charge in [0.05, 0.1) is 22.9 Å². The molecule has 4 bridgehead atoms. The van der Waals surface area contributed by atoms with E-state index in [9.17, 15) is 14.4 Å². The van der Waals surface area contributed by atoms with Gasteiger partial charge in [-0.25, -0.2) is 9.69 Å². The third-order valence-corrected chi connectivity index (χ3v) is 10.0. The molecule has 1 N–H and O–H groups in total. The van der Waals surface area contributed by atoms with Gasteiger partial charge in [-0.2, -0.15) is 0 Å². The summed E-state index contributed by atoms with van der Waals surface area (Å²) in [6.07, 6.45) is 10.1. The van der Waals surface area contributed by atoms with Gasteiger partial charge in [-0.3, -0.25) is 14.9 Å². The van der Waals surface area contributed by atoms with E-state index in [4.69, 9.17) is 9.47 Å². The summed E-state index contributed by atoms with van der Waals surface area (Å²) in [6, 6.07) is 10.6. The Morgan fingerprint density at radius 3 is 2.24 bits per heavy atom. The quantitative estimate of drug-likeness (QED) is 0.250. The number of urea groups is 1. The molecule has 1 atom stereocenters. The van der Waals surface area contributed by atoms with Crippen LogP contribution in [0.3, 0.4) is 0 Å². The van der Waals surface area contributed by atoms with Gasteiger partial charge in [-0.1, -0.05) is 19.1 Å². The molecule has 4 amide bonds. The zero-order chi connectivity index (χ0) is 28.9. The highest BCUT2D eigenvalue weighted by Crippen LogP contribution is 2.60. The Balaban J connectivity index is 1.28. The van der Waals surface area contributed by atoms with Crippen LogP contribution in [-0.4, -0.2) is 30.6 Å². The van der Waals surface area contributed by atoms with Gasteiger partial charge >= 0.3 is 6.03 Å². The highest BCUT2D eigenvalue weighted by Gasteiger charge is 2.51. The van der Waals surface area contributed by atoms with Crippen LogP contribution in [0.5, 0.6) is 11.5 Å². The number of imide groups is 2. The number of barbiturate groups is 1. The molecule has 2 aromatic carbocycles. The number of rotatable bonds is 8. The van der Waals surface area contributed by atoms with Crippen LogP contribution in [0.25, 0.3) is 6.08 Å². The topological polar surface area (TPSA) is 84.9 Å². The Morgan fingerprint density at radius 2 is 1.66 bits per heavy atom. The van der Waals surface area contributed by atoms with Crippen molar-refractivity contribution < 1.29 is 23.9 Å². The second-order valence-electron chi connectivity index (χ2n) is 12.3. The number of anilines is 1. The molecule has 1 aliphatic heterocycles. The minimum atomic E-state index is -0.742. The predicted octanol–water partition coefficient (Wildman–Crippen LogP) is 7.16. The Morgan fingerprint density at radius 1 is 1.02 bits per heavy atom. The molecule has 216 valence electrons. The van der Waals surface area contributed by atoms with Gasteiger partial charge in [0.1, 0.15) is 5.57 Å². The highest BCUT2D eigenvalue weighted by molar-refractivity contribution is 9.10. The zero-order valence-corrected chi connectivity index (χ0v) is 25.5. The largest absolute Gasteiger partial charge is 0.490 e. The van der Waals surface area contributed by atoms with Crippen LogP contribution in [0.4, 0.5) is 10.5 Å². The SMILES string of the molecule is CCOc1cc(/C=C2\C(=O)NC(=O)N(c3ccc(C45CC6CC(CC(C6)C4)C5)cc3)C2=O)cc(Br)c1O[C@H](C)CC. The van der Waals surface area contributed by atoms with E-state index in [1.165, 1.54) is 50.2 Å². The summed E-state index contributed by atoms with van der Waals surface area (Å²) >= 11 is 3.56. The van der Waals surface area contributed by atoms with Gasteiger partial charge in [0, 0.05) is 0 Å². The molecule has 2 aromatic rings. The molecule has 0 unspecified atom stereocenters. The van der Waals surface area contributed by atoms with E-state index in [1.54, 1.807) is 12.1 Å². The fraction of sp³-hybridized carbons (Fsp3) is 0.485. The molecule has 0 radical (unpaired) electrons. The smallest absolute Gasteiger partial charge is 0.335 e. The normalized spacial score (nSPS) is 28.7. The van der Waals surface area contributed by atoms with Crippen LogP contribution in [0, 0.1) is 17.8 Å². The molecule has 41 heavy (non-hydrogen) atoms. The molecule has 0 spiro atoms. The second kappa shape index (κ2) is 10.9. The van der Waals surface area contributed by atoms with Crippen molar-refractivity contribution in [1.29, 1.82) is 0 Å². The number of nitrogens with one attached hydrogen (secondary N) is 1. The number of ether oxygens (including phenoxy) is 2. The molecule has 7 rings (SSSR count). The van der Waals surface area contributed by atoms with Crippen molar-refractivity contribution in [3.63, 3.8) is 0 Å². The number of benzene rings is 2. The number of halogens is 1. The third kappa shape index (κ3) is 5.20. The summed E-state index contributed by atoms with van der Waals surface area (Å²) in [5.74, 6) is 2.17. The van der Waals surface area contributed by atoms with Crippen LogP contribution in [0.2, 0.25) is 0 Å². The first-order valence-corrected chi connectivity index (χ1v) is 15.6. The Labute approximate surface area is 249 Å². The van der Waals surface area contributed by atoms with E-state index in [0.29, 0.717) is 33.8 Å². The molecule has 4 aliphatic carbocycles. The number of nitrogens with zero attached hydrogens (tertiary/aromatic N) is 1. The van der Waals surface area contributed by atoms with Crippen molar-refractivity contribution >= 4 is 45.5 Å². The van der Waals surface area contributed by atoms with Crippen LogP contribution >= 0.6 is 15.9 Å². The van der Waals surface area contributed by atoms with E-state index in [1.807, 2.05) is 32.9 Å². The van der Waals surface area contributed by atoms with Crippen molar-refractivity contribution in [1.82, 2.24) is 5.32 Å². The summed E-state index contributed by atoms with van der Waals surface area (Å²) < 4.78 is 12.5. The van der Waals surface area contributed by atoms with Gasteiger partial charge in [0.25, 0.3) is 11.8 Å². The highest BCUT2D eigenvalue weighted by atomic mass is 79.9. The number of amides is 4. The summed E-state index contributed by atoms with van der Waals surface area (Å²) in [5, 5.41) is 2.34. The monoisotopic (exact) mass is 620 g/mol. The van der Waals surface area contributed by atoms with E-state index >= 15 is 0 Å². The van der Waals surface area contributed by atoms with Crippen molar-refractivity contribution in [3.05, 3.63) is 57.6 Å². The van der Waals surface area contributed by atoms with Gasteiger partial charge in [-0.15, -0.1) is 0 Å². The van der Waals surface area contributed by atoms with Crippen LogP contribution < -0.4 is 19.7 Å². The summed E-state index contributed by atoms with van der Waals surface area (Å²) in [4.78, 5) is 40.4. The molecule has 5 aliphatic rings. The molecular weight excluding hydrogens is 584 g/mol. The van der Waals surface area contributed by atoms with E-state index in [2.05, 4.69) is 33.4 Å². The maximum absolute atomic E-state index is 13.6. The molecule has 8 heteroatoms. The summed E-state index contributed by atoms with van der Waals surface area (Å²) in [6.45, 7) is 6.31. The number of hydrogen-bond donors (Lipinski definition) is 1. The molecule has 0 aromatic heterocycles. The Bertz CT molecular complexity index is 1380. The average molecular weight is 622 g/mol. The number of carbonyl (C=O) groups excluding carboxylic acids is 3. The number of carbonyl (C=O) groups is 3. The second-order valence-corrected chi connectivity index (χ2v) is 13.2. The minimum absolute atomic E-state index is 0.0192. The molecule has 1 saturated heterocycles. The predicted molar refractivity (Wildman–Crippen MR) is 161 cm³/mol. The fourth-order valence-electron chi connectivity index (χ4n) is 7.82. The average Bonchev–Trinajstić information content (AvgIpc) is 2.92. The van der Waals surface area contributed by atoms with Crippen molar-refractivity contribution in [2.45, 2.75) is 77.2 Å². The maximum atomic E-state index is 13.6. The van der Waals surface area contributed by atoms with E-state index < -0.39 is 17.8 Å². The Kier molecular flexibility index (Phi) is 7.47. The summed E-state index contributed by atoms with van der Waals surface area (Å²) in [7, 11) is 0. The van der Waals surface area contributed by atoms with Crippen LogP contribution in [0.15, 0.2) is 46.4 Å². The molecule has 4 saturated carbocycles. The standard InChI is InChI=1S/C33H37BrN2O5/c1-4-19(3)41-29-27(34)14-20(15-28(29)40-5-2)13-26-30(37)35-32(39)36(31(26)38)25-8-6-24(7-9-25)33-16-21-10-22(17-33)12-23(11-21)18-33/h6-9,13-15,19,21-23H,4-5,10-12,16-18H2,1-3H3,(H,35,37,39)/b26-13+/t19-,21?,22?,23?,33?/m1/s1. The lowest BCUT2D eigenvalue weighted by Crippen LogP contribution is -2.54. The van der Waals surface area contributed by atoms with Crippen molar-refractivity contribution in [2.24, 2.45) is 17.8 Å². The van der Waals surface area contributed by atoms with Gasteiger partial charge in [0.2, 0.25) is 0 Å². The lowest BCUT2D eigenvalue weighted by atomic mass is 9.48. The van der Waals surface area contributed by atoms with Crippen LogP contribution in [0.1, 0.15) is 76.8 Å². The van der Waals surface area contributed by atoms with E-state index in [0.717, 1.165) is 29.1 Å². The van der Waals surface area contributed by atoms with Gasteiger partial charge in [0.15, 0.2) is 11.5 Å². The first kappa shape index (κ1) is 28.0. The summed E-state index contributed by atoms with van der Waals surface area (Å²) in [5.41, 5.74) is 2.43. The minimum Gasteiger partial charge on any atom is -0.490 e. The lowest BCUT2D eigenvalue weighted by Gasteiger charge is -2.57. The maximum Gasteiger partial charge on any atom is 0.335 e. The lowest BCUT2D eigenvalue weighted by molar-refractivity contribution is -0.122. The molecular formula is C33H37BrN2O5. The molecule has 5 fully saturated rings. The van der Waals surface area contributed by atoms with Gasteiger partial charge < -0.3 is 9.47 Å². The third-order valence-electron chi connectivity index (χ3n) is 9.41. The van der Waals surface area contributed by atoms with Crippen LogP contribution in [-0.2, 0) is 15.0 Å². The first-order valence-electron chi connectivity index (χ1n) is 14.8. The zero-order valence-electron chi connectivity index (χ0n) is 23.9.